The molecule has 2 aromatic rings. The maximum absolute atomic E-state index is 14.0. The largest absolute Gasteiger partial charge is 0.341 e. The third kappa shape index (κ3) is 5.49. The second kappa shape index (κ2) is 9.88. The van der Waals surface area contributed by atoms with Crippen molar-refractivity contribution in [1.82, 2.24) is 15.1 Å². The second-order valence-corrected chi connectivity index (χ2v) is 8.99. The molecule has 2 fully saturated rings. The van der Waals surface area contributed by atoms with Crippen molar-refractivity contribution in [2.45, 2.75) is 51.4 Å². The standard InChI is InChI=1S/C25H31F2N3O/c1-18-9-11-29(12-10-18)25(31)24-14-22(17-30(24)16-19-5-3-2-4-6-19)28-15-20-7-8-21(26)13-23(20)27/h2-8,13,18,22,24,28H,9-12,14-17H2,1H3/t22-,24-/m0/s1. The van der Waals surface area contributed by atoms with Gasteiger partial charge < -0.3 is 10.2 Å². The number of hydrogen-bond donors (Lipinski definition) is 1. The fourth-order valence-electron chi connectivity index (χ4n) is 4.66. The second-order valence-electron chi connectivity index (χ2n) is 8.99. The van der Waals surface area contributed by atoms with E-state index >= 15 is 0 Å². The molecule has 0 saturated carbocycles. The van der Waals surface area contributed by atoms with Crippen LogP contribution in [0.25, 0.3) is 0 Å². The Morgan fingerprint density at radius 1 is 1.10 bits per heavy atom. The maximum Gasteiger partial charge on any atom is 0.240 e. The molecule has 0 aromatic heterocycles. The van der Waals surface area contributed by atoms with Crippen molar-refractivity contribution < 1.29 is 13.6 Å². The Morgan fingerprint density at radius 3 is 2.55 bits per heavy atom. The van der Waals surface area contributed by atoms with Crippen LogP contribution in [0.3, 0.4) is 0 Å². The van der Waals surface area contributed by atoms with Crippen LogP contribution in [0.15, 0.2) is 48.5 Å². The lowest BCUT2D eigenvalue weighted by Crippen LogP contribution is -2.48. The van der Waals surface area contributed by atoms with Gasteiger partial charge in [-0.05, 0) is 36.8 Å². The van der Waals surface area contributed by atoms with Crippen LogP contribution in [-0.2, 0) is 17.9 Å². The summed E-state index contributed by atoms with van der Waals surface area (Å²) in [6.45, 7) is 5.65. The molecule has 2 aliphatic heterocycles. The van der Waals surface area contributed by atoms with E-state index in [0.29, 0.717) is 31.0 Å². The summed E-state index contributed by atoms with van der Waals surface area (Å²) >= 11 is 0. The highest BCUT2D eigenvalue weighted by Crippen LogP contribution is 2.25. The lowest BCUT2D eigenvalue weighted by molar-refractivity contribution is -0.137. The van der Waals surface area contributed by atoms with Crippen LogP contribution in [0.5, 0.6) is 0 Å². The van der Waals surface area contributed by atoms with E-state index in [0.717, 1.165) is 38.5 Å². The minimum atomic E-state index is -0.572. The van der Waals surface area contributed by atoms with Gasteiger partial charge in [0.1, 0.15) is 11.6 Å². The van der Waals surface area contributed by atoms with Crippen LogP contribution in [0.4, 0.5) is 8.78 Å². The molecule has 2 atom stereocenters. The summed E-state index contributed by atoms with van der Waals surface area (Å²) in [4.78, 5) is 17.6. The lowest BCUT2D eigenvalue weighted by Gasteiger charge is -2.34. The highest BCUT2D eigenvalue weighted by atomic mass is 19.1. The zero-order valence-electron chi connectivity index (χ0n) is 18.1. The third-order valence-electron chi connectivity index (χ3n) is 6.61. The van der Waals surface area contributed by atoms with Gasteiger partial charge in [0.05, 0.1) is 6.04 Å². The molecule has 0 unspecified atom stereocenters. The Morgan fingerprint density at radius 2 is 1.84 bits per heavy atom. The SMILES string of the molecule is CC1CCN(C(=O)[C@@H]2C[C@H](NCc3ccc(F)cc3F)CN2Cc2ccccc2)CC1. The van der Waals surface area contributed by atoms with Crippen LogP contribution in [0.2, 0.25) is 0 Å². The smallest absolute Gasteiger partial charge is 0.240 e. The molecule has 1 N–H and O–H groups in total. The van der Waals surface area contributed by atoms with Crippen molar-refractivity contribution in [3.63, 3.8) is 0 Å². The molecule has 2 heterocycles. The first kappa shape index (κ1) is 21.9. The Bertz CT molecular complexity index is 884. The Kier molecular flexibility index (Phi) is 6.98. The molecule has 31 heavy (non-hydrogen) atoms. The molecule has 0 radical (unpaired) electrons. The molecule has 2 aliphatic rings. The van der Waals surface area contributed by atoms with E-state index in [1.54, 1.807) is 0 Å². The highest BCUT2D eigenvalue weighted by molar-refractivity contribution is 5.82. The molecule has 166 valence electrons. The number of nitrogens with one attached hydrogen (secondary N) is 1. The van der Waals surface area contributed by atoms with Crippen LogP contribution >= 0.6 is 0 Å². The predicted molar refractivity (Wildman–Crippen MR) is 117 cm³/mol. The van der Waals surface area contributed by atoms with E-state index in [2.05, 4.69) is 29.3 Å². The van der Waals surface area contributed by atoms with E-state index in [9.17, 15) is 13.6 Å². The number of carbonyl (C=O) groups excluding carboxylic acids is 1. The number of rotatable bonds is 6. The van der Waals surface area contributed by atoms with Gasteiger partial charge in [-0.15, -0.1) is 0 Å². The predicted octanol–water partition coefficient (Wildman–Crippen LogP) is 3.96. The number of amides is 1. The quantitative estimate of drug-likeness (QED) is 0.758. The molecule has 0 spiro atoms. The molecule has 1 amide bonds. The van der Waals surface area contributed by atoms with E-state index in [-0.39, 0.29) is 18.0 Å². The number of likely N-dealkylation sites (tertiary alicyclic amines) is 2. The summed E-state index contributed by atoms with van der Waals surface area (Å²) in [5, 5.41) is 3.39. The Balaban J connectivity index is 1.44. The van der Waals surface area contributed by atoms with Gasteiger partial charge in [0, 0.05) is 50.4 Å². The number of carbonyl (C=O) groups is 1. The molecular weight excluding hydrogens is 396 g/mol. The summed E-state index contributed by atoms with van der Waals surface area (Å²) in [6.07, 6.45) is 2.81. The van der Waals surface area contributed by atoms with E-state index in [1.807, 2.05) is 23.1 Å². The minimum absolute atomic E-state index is 0.0748. The first-order valence-electron chi connectivity index (χ1n) is 11.2. The fourth-order valence-corrected chi connectivity index (χ4v) is 4.66. The molecule has 6 heteroatoms. The zero-order chi connectivity index (χ0) is 21.8. The van der Waals surface area contributed by atoms with Gasteiger partial charge in [0.2, 0.25) is 5.91 Å². The van der Waals surface area contributed by atoms with Gasteiger partial charge in [0.25, 0.3) is 0 Å². The minimum Gasteiger partial charge on any atom is -0.341 e. The van der Waals surface area contributed by atoms with E-state index in [1.165, 1.54) is 17.7 Å². The summed E-state index contributed by atoms with van der Waals surface area (Å²) < 4.78 is 27.2. The Labute approximate surface area is 183 Å². The number of halogens is 2. The molecule has 0 bridgehead atoms. The van der Waals surface area contributed by atoms with Crippen molar-refractivity contribution in [2.24, 2.45) is 5.92 Å². The molecular formula is C25H31F2N3O. The lowest BCUT2D eigenvalue weighted by atomic mass is 9.98. The summed E-state index contributed by atoms with van der Waals surface area (Å²) in [5.41, 5.74) is 1.62. The topological polar surface area (TPSA) is 35.6 Å². The van der Waals surface area contributed by atoms with E-state index < -0.39 is 11.6 Å². The van der Waals surface area contributed by atoms with Gasteiger partial charge >= 0.3 is 0 Å². The van der Waals surface area contributed by atoms with Crippen molar-refractivity contribution >= 4 is 5.91 Å². The van der Waals surface area contributed by atoms with Gasteiger partial charge in [-0.2, -0.15) is 0 Å². The average Bonchev–Trinajstić information content (AvgIpc) is 3.16. The van der Waals surface area contributed by atoms with Crippen LogP contribution in [0.1, 0.15) is 37.3 Å². The molecule has 2 aromatic carbocycles. The van der Waals surface area contributed by atoms with Crippen molar-refractivity contribution in [1.29, 1.82) is 0 Å². The Hall–Kier alpha value is -2.31. The van der Waals surface area contributed by atoms with Gasteiger partial charge in [0.15, 0.2) is 0 Å². The molecule has 4 rings (SSSR count). The summed E-state index contributed by atoms with van der Waals surface area (Å²) in [7, 11) is 0. The zero-order valence-corrected chi connectivity index (χ0v) is 18.1. The van der Waals surface area contributed by atoms with Crippen molar-refractivity contribution in [3.05, 3.63) is 71.3 Å². The van der Waals surface area contributed by atoms with Crippen LogP contribution in [0, 0.1) is 17.6 Å². The first-order chi connectivity index (χ1) is 15.0. The number of hydrogen-bond acceptors (Lipinski definition) is 3. The number of benzene rings is 2. The van der Waals surface area contributed by atoms with Crippen molar-refractivity contribution in [3.8, 4) is 0 Å². The first-order valence-corrected chi connectivity index (χ1v) is 11.2. The van der Waals surface area contributed by atoms with E-state index in [4.69, 9.17) is 0 Å². The summed E-state index contributed by atoms with van der Waals surface area (Å²) in [5.74, 6) is -0.229. The van der Waals surface area contributed by atoms with Gasteiger partial charge in [-0.1, -0.05) is 43.3 Å². The average molecular weight is 428 g/mol. The number of piperidine rings is 1. The normalized spacial score (nSPS) is 22.7. The fraction of sp³-hybridized carbons (Fsp3) is 0.480. The van der Waals surface area contributed by atoms with Gasteiger partial charge in [-0.3, -0.25) is 9.69 Å². The van der Waals surface area contributed by atoms with Crippen LogP contribution < -0.4 is 5.32 Å². The molecule has 4 nitrogen and oxygen atoms in total. The third-order valence-corrected chi connectivity index (χ3v) is 6.61. The number of nitrogens with zero attached hydrogens (tertiary/aromatic N) is 2. The monoisotopic (exact) mass is 427 g/mol. The highest BCUT2D eigenvalue weighted by Gasteiger charge is 2.39. The van der Waals surface area contributed by atoms with Gasteiger partial charge in [-0.25, -0.2) is 8.78 Å². The molecule has 0 aliphatic carbocycles. The van der Waals surface area contributed by atoms with Crippen LogP contribution in [-0.4, -0.2) is 47.4 Å². The molecule has 2 saturated heterocycles. The van der Waals surface area contributed by atoms with Crippen molar-refractivity contribution in [2.75, 3.05) is 19.6 Å². The maximum atomic E-state index is 14.0. The summed E-state index contributed by atoms with van der Waals surface area (Å²) in [6, 6.07) is 13.8.